The van der Waals surface area contributed by atoms with Gasteiger partial charge in [-0.25, -0.2) is 4.98 Å². The molecule has 0 aliphatic rings. The topological polar surface area (TPSA) is 72.7 Å². The van der Waals surface area contributed by atoms with Crippen LogP contribution in [0.25, 0.3) is 11.4 Å². The number of carbonyl (C=O) groups is 1. The Bertz CT molecular complexity index is 1060. The van der Waals surface area contributed by atoms with Gasteiger partial charge in [0.15, 0.2) is 5.13 Å². The second-order valence-corrected chi connectivity index (χ2v) is 6.85. The van der Waals surface area contributed by atoms with E-state index in [9.17, 15) is 4.79 Å². The standard InChI is InChI=1S/C20H17N5OS/c1-14-16(11-22-25(14)12-15-7-3-2-4-8-15)19(26)24-20-23-18(13-27-20)17-9-5-6-10-21-17/h2-11,13H,12H2,1H3,(H,23,24,26). The number of nitrogens with zero attached hydrogens (tertiary/aromatic N) is 4. The molecule has 0 spiro atoms. The summed E-state index contributed by atoms with van der Waals surface area (Å²) >= 11 is 1.37. The molecule has 4 aromatic rings. The molecule has 0 atom stereocenters. The van der Waals surface area contributed by atoms with Crippen LogP contribution in [0, 0.1) is 6.92 Å². The van der Waals surface area contributed by atoms with Crippen LogP contribution in [-0.4, -0.2) is 25.7 Å². The Hall–Kier alpha value is -3.32. The first-order valence-electron chi connectivity index (χ1n) is 8.45. The van der Waals surface area contributed by atoms with Crippen molar-refractivity contribution in [2.24, 2.45) is 0 Å². The fourth-order valence-electron chi connectivity index (χ4n) is 2.71. The van der Waals surface area contributed by atoms with Gasteiger partial charge in [0.1, 0.15) is 5.69 Å². The lowest BCUT2D eigenvalue weighted by atomic mass is 10.2. The number of hydrogen-bond donors (Lipinski definition) is 1. The maximum Gasteiger partial charge on any atom is 0.260 e. The highest BCUT2D eigenvalue weighted by Crippen LogP contribution is 2.24. The van der Waals surface area contributed by atoms with Crippen LogP contribution in [0.3, 0.4) is 0 Å². The van der Waals surface area contributed by atoms with E-state index in [0.717, 1.165) is 22.6 Å². The van der Waals surface area contributed by atoms with Gasteiger partial charge in [-0.3, -0.25) is 19.8 Å². The Labute approximate surface area is 160 Å². The Kier molecular flexibility index (Phi) is 4.76. The molecule has 3 aromatic heterocycles. The average Bonchev–Trinajstić information content (AvgIpc) is 3.31. The fraction of sp³-hybridized carbons (Fsp3) is 0.100. The summed E-state index contributed by atoms with van der Waals surface area (Å²) < 4.78 is 1.82. The van der Waals surface area contributed by atoms with Crippen LogP contribution in [0.2, 0.25) is 0 Å². The minimum absolute atomic E-state index is 0.214. The number of pyridine rings is 1. The van der Waals surface area contributed by atoms with Crippen molar-refractivity contribution in [3.05, 3.63) is 83.1 Å². The molecule has 3 heterocycles. The van der Waals surface area contributed by atoms with Gasteiger partial charge >= 0.3 is 0 Å². The van der Waals surface area contributed by atoms with Crippen molar-refractivity contribution in [3.63, 3.8) is 0 Å². The number of nitrogens with one attached hydrogen (secondary N) is 1. The smallest absolute Gasteiger partial charge is 0.260 e. The summed E-state index contributed by atoms with van der Waals surface area (Å²) in [5, 5.41) is 9.63. The molecule has 0 fully saturated rings. The first kappa shape index (κ1) is 17.1. The summed E-state index contributed by atoms with van der Waals surface area (Å²) in [6.45, 7) is 2.52. The summed E-state index contributed by atoms with van der Waals surface area (Å²) in [6, 6.07) is 15.7. The van der Waals surface area contributed by atoms with Crippen molar-refractivity contribution in [2.45, 2.75) is 13.5 Å². The van der Waals surface area contributed by atoms with Gasteiger partial charge in [-0.1, -0.05) is 36.4 Å². The van der Waals surface area contributed by atoms with Crippen molar-refractivity contribution < 1.29 is 4.79 Å². The number of amides is 1. The number of aromatic nitrogens is 4. The summed E-state index contributed by atoms with van der Waals surface area (Å²) in [6.07, 6.45) is 3.32. The van der Waals surface area contributed by atoms with Crippen molar-refractivity contribution in [1.29, 1.82) is 0 Å². The Morgan fingerprint density at radius 1 is 1.11 bits per heavy atom. The third-order valence-electron chi connectivity index (χ3n) is 4.17. The number of rotatable bonds is 5. The van der Waals surface area contributed by atoms with E-state index >= 15 is 0 Å². The van der Waals surface area contributed by atoms with E-state index in [4.69, 9.17) is 0 Å². The molecule has 1 aromatic carbocycles. The van der Waals surface area contributed by atoms with Gasteiger partial charge in [-0.05, 0) is 24.6 Å². The maximum absolute atomic E-state index is 12.6. The zero-order valence-electron chi connectivity index (χ0n) is 14.7. The SMILES string of the molecule is Cc1c(C(=O)Nc2nc(-c3ccccn3)cs2)cnn1Cc1ccccc1. The Balaban J connectivity index is 1.48. The van der Waals surface area contributed by atoms with E-state index < -0.39 is 0 Å². The minimum Gasteiger partial charge on any atom is -0.298 e. The van der Waals surface area contributed by atoms with E-state index in [2.05, 4.69) is 20.4 Å². The van der Waals surface area contributed by atoms with Gasteiger partial charge < -0.3 is 0 Å². The van der Waals surface area contributed by atoms with Crippen molar-refractivity contribution in [3.8, 4) is 11.4 Å². The van der Waals surface area contributed by atoms with E-state index in [0.29, 0.717) is 17.2 Å². The molecular formula is C20H17N5OS. The number of benzene rings is 1. The number of thiazole rings is 1. The van der Waals surface area contributed by atoms with Gasteiger partial charge in [0.25, 0.3) is 5.91 Å². The summed E-state index contributed by atoms with van der Waals surface area (Å²) in [7, 11) is 0. The normalized spacial score (nSPS) is 10.7. The molecule has 0 radical (unpaired) electrons. The van der Waals surface area contributed by atoms with Gasteiger partial charge in [-0.2, -0.15) is 5.10 Å². The van der Waals surface area contributed by atoms with Crippen LogP contribution in [0.5, 0.6) is 0 Å². The molecule has 6 nitrogen and oxygen atoms in total. The fourth-order valence-corrected chi connectivity index (χ4v) is 3.41. The molecule has 0 saturated heterocycles. The van der Waals surface area contributed by atoms with Crippen LogP contribution in [-0.2, 0) is 6.54 Å². The van der Waals surface area contributed by atoms with Gasteiger partial charge in [0, 0.05) is 17.3 Å². The number of hydrogen-bond acceptors (Lipinski definition) is 5. The largest absolute Gasteiger partial charge is 0.298 e. The average molecular weight is 375 g/mol. The Morgan fingerprint density at radius 3 is 2.70 bits per heavy atom. The lowest BCUT2D eigenvalue weighted by Crippen LogP contribution is -2.13. The first-order valence-corrected chi connectivity index (χ1v) is 9.33. The molecule has 0 unspecified atom stereocenters. The molecular weight excluding hydrogens is 358 g/mol. The zero-order chi connectivity index (χ0) is 18.6. The van der Waals surface area contributed by atoms with E-state index in [1.54, 1.807) is 12.4 Å². The minimum atomic E-state index is -0.214. The number of carbonyl (C=O) groups excluding carboxylic acids is 1. The predicted octanol–water partition coefficient (Wildman–Crippen LogP) is 4.01. The second kappa shape index (κ2) is 7.51. The van der Waals surface area contributed by atoms with Gasteiger partial charge in [0.05, 0.1) is 24.0 Å². The predicted molar refractivity (Wildman–Crippen MR) is 106 cm³/mol. The molecule has 1 amide bonds. The van der Waals surface area contributed by atoms with E-state index in [1.165, 1.54) is 11.3 Å². The van der Waals surface area contributed by atoms with Gasteiger partial charge in [0.2, 0.25) is 0 Å². The zero-order valence-corrected chi connectivity index (χ0v) is 15.5. The summed E-state index contributed by atoms with van der Waals surface area (Å²) in [5.74, 6) is -0.214. The van der Waals surface area contributed by atoms with E-state index in [-0.39, 0.29) is 5.91 Å². The molecule has 0 bridgehead atoms. The molecule has 0 aliphatic carbocycles. The van der Waals surface area contributed by atoms with Gasteiger partial charge in [-0.15, -0.1) is 11.3 Å². The molecule has 134 valence electrons. The maximum atomic E-state index is 12.6. The highest BCUT2D eigenvalue weighted by atomic mass is 32.1. The highest BCUT2D eigenvalue weighted by Gasteiger charge is 2.16. The monoisotopic (exact) mass is 375 g/mol. The third-order valence-corrected chi connectivity index (χ3v) is 4.93. The van der Waals surface area contributed by atoms with Crippen molar-refractivity contribution in [1.82, 2.24) is 19.7 Å². The lowest BCUT2D eigenvalue weighted by Gasteiger charge is -2.05. The van der Waals surface area contributed by atoms with E-state index in [1.807, 2.05) is 65.5 Å². The van der Waals surface area contributed by atoms with Crippen LogP contribution >= 0.6 is 11.3 Å². The molecule has 4 rings (SSSR count). The lowest BCUT2D eigenvalue weighted by molar-refractivity contribution is 0.102. The van der Waals surface area contributed by atoms with Crippen molar-refractivity contribution >= 4 is 22.4 Å². The van der Waals surface area contributed by atoms with Crippen LogP contribution < -0.4 is 5.32 Å². The molecule has 7 heteroatoms. The second-order valence-electron chi connectivity index (χ2n) is 5.99. The molecule has 0 saturated carbocycles. The van der Waals surface area contributed by atoms with Crippen LogP contribution in [0.4, 0.5) is 5.13 Å². The highest BCUT2D eigenvalue weighted by molar-refractivity contribution is 7.14. The third kappa shape index (κ3) is 3.78. The van der Waals surface area contributed by atoms with Crippen molar-refractivity contribution in [2.75, 3.05) is 5.32 Å². The number of anilines is 1. The Morgan fingerprint density at radius 2 is 1.93 bits per heavy atom. The van der Waals surface area contributed by atoms with Crippen LogP contribution in [0.15, 0.2) is 66.3 Å². The quantitative estimate of drug-likeness (QED) is 0.572. The first-order chi connectivity index (χ1) is 13.2. The van der Waals surface area contributed by atoms with Crippen LogP contribution in [0.1, 0.15) is 21.6 Å². The molecule has 0 aliphatic heterocycles. The molecule has 1 N–H and O–H groups in total. The summed E-state index contributed by atoms with van der Waals surface area (Å²) in [5.41, 5.74) is 4.02. The molecule has 27 heavy (non-hydrogen) atoms. The summed E-state index contributed by atoms with van der Waals surface area (Å²) in [4.78, 5) is 21.4.